The zero-order valence-corrected chi connectivity index (χ0v) is 11.5. The molecule has 0 aromatic carbocycles. The molecule has 2 rings (SSSR count). The Morgan fingerprint density at radius 2 is 2.18 bits per heavy atom. The van der Waals surface area contributed by atoms with Gasteiger partial charge in [-0.05, 0) is 32.4 Å². The standard InChI is InChI=1S/C13H25N3O/c1-5-15(4)8-9-16-11(10(2)3)14-13(6-7-13)12(16)17/h10-11,14H,5-9H2,1-4H3. The topological polar surface area (TPSA) is 35.6 Å². The first-order valence-electron chi connectivity index (χ1n) is 6.77. The van der Waals surface area contributed by atoms with E-state index in [-0.39, 0.29) is 11.7 Å². The van der Waals surface area contributed by atoms with Gasteiger partial charge in [-0.25, -0.2) is 0 Å². The number of likely N-dealkylation sites (N-methyl/N-ethyl adjacent to an activating group) is 1. The molecule has 1 aliphatic carbocycles. The lowest BCUT2D eigenvalue weighted by molar-refractivity contribution is -0.131. The van der Waals surface area contributed by atoms with Crippen molar-refractivity contribution >= 4 is 5.91 Å². The van der Waals surface area contributed by atoms with E-state index in [9.17, 15) is 4.79 Å². The average molecular weight is 239 g/mol. The van der Waals surface area contributed by atoms with Crippen LogP contribution in [0.2, 0.25) is 0 Å². The number of hydrogen-bond acceptors (Lipinski definition) is 3. The molecule has 0 bridgehead atoms. The van der Waals surface area contributed by atoms with Gasteiger partial charge >= 0.3 is 0 Å². The third kappa shape index (κ3) is 2.33. The highest BCUT2D eigenvalue weighted by Gasteiger charge is 2.59. The Balaban J connectivity index is 1.99. The molecule has 1 unspecified atom stereocenters. The van der Waals surface area contributed by atoms with E-state index in [1.165, 1.54) is 0 Å². The van der Waals surface area contributed by atoms with Gasteiger partial charge in [0.05, 0.1) is 11.7 Å². The van der Waals surface area contributed by atoms with Crippen LogP contribution in [0, 0.1) is 5.92 Å². The number of hydrogen-bond donors (Lipinski definition) is 1. The molecule has 1 saturated carbocycles. The fraction of sp³-hybridized carbons (Fsp3) is 0.923. The van der Waals surface area contributed by atoms with Crippen LogP contribution < -0.4 is 5.32 Å². The van der Waals surface area contributed by atoms with Crippen molar-refractivity contribution in [1.82, 2.24) is 15.1 Å². The van der Waals surface area contributed by atoms with Crippen molar-refractivity contribution in [2.45, 2.75) is 45.3 Å². The molecule has 1 aliphatic heterocycles. The minimum atomic E-state index is -0.167. The summed E-state index contributed by atoms with van der Waals surface area (Å²) in [5.74, 6) is 0.812. The smallest absolute Gasteiger partial charge is 0.244 e. The number of carbonyl (C=O) groups is 1. The lowest BCUT2D eigenvalue weighted by Crippen LogP contribution is -2.44. The number of nitrogens with zero attached hydrogens (tertiary/aromatic N) is 2. The van der Waals surface area contributed by atoms with E-state index in [2.05, 4.69) is 42.9 Å². The molecule has 4 nitrogen and oxygen atoms in total. The summed E-state index contributed by atoms with van der Waals surface area (Å²) in [7, 11) is 2.10. The minimum absolute atomic E-state index is 0.167. The van der Waals surface area contributed by atoms with Crippen molar-refractivity contribution in [2.75, 3.05) is 26.7 Å². The molecule has 1 spiro atoms. The number of rotatable bonds is 5. The van der Waals surface area contributed by atoms with Crippen LogP contribution in [0.15, 0.2) is 0 Å². The molecular formula is C13H25N3O. The largest absolute Gasteiger partial charge is 0.324 e. The Bertz CT molecular complexity index is 299. The van der Waals surface area contributed by atoms with Gasteiger partial charge in [0.15, 0.2) is 0 Å². The SMILES string of the molecule is CCN(C)CCN1C(=O)C2(CC2)NC1C(C)C. The zero-order chi connectivity index (χ0) is 12.6. The van der Waals surface area contributed by atoms with Gasteiger partial charge in [-0.15, -0.1) is 0 Å². The monoisotopic (exact) mass is 239 g/mol. The van der Waals surface area contributed by atoms with Crippen LogP contribution in [-0.2, 0) is 4.79 Å². The fourth-order valence-electron chi connectivity index (χ4n) is 2.51. The average Bonchev–Trinajstić information content (AvgIpc) is 3.01. The molecule has 0 aromatic rings. The lowest BCUT2D eigenvalue weighted by atomic mass is 10.1. The van der Waals surface area contributed by atoms with Crippen molar-refractivity contribution in [3.8, 4) is 0 Å². The molecule has 0 radical (unpaired) electrons. The summed E-state index contributed by atoms with van der Waals surface area (Å²) in [5.41, 5.74) is -0.167. The third-order valence-electron chi connectivity index (χ3n) is 4.07. The van der Waals surface area contributed by atoms with Crippen LogP contribution in [0.3, 0.4) is 0 Å². The van der Waals surface area contributed by atoms with Gasteiger partial charge in [0, 0.05) is 13.1 Å². The van der Waals surface area contributed by atoms with E-state index in [0.29, 0.717) is 11.8 Å². The van der Waals surface area contributed by atoms with E-state index < -0.39 is 0 Å². The highest BCUT2D eigenvalue weighted by molar-refractivity contribution is 5.91. The number of amides is 1. The Labute approximate surface area is 104 Å². The highest BCUT2D eigenvalue weighted by Crippen LogP contribution is 2.43. The summed E-state index contributed by atoms with van der Waals surface area (Å²) in [4.78, 5) is 16.7. The summed E-state index contributed by atoms with van der Waals surface area (Å²) in [6.45, 7) is 9.36. The molecule has 1 saturated heterocycles. The van der Waals surface area contributed by atoms with Crippen molar-refractivity contribution < 1.29 is 4.79 Å². The quantitative estimate of drug-likeness (QED) is 0.774. The van der Waals surface area contributed by atoms with Crippen LogP contribution in [0.5, 0.6) is 0 Å². The van der Waals surface area contributed by atoms with Crippen molar-refractivity contribution in [3.63, 3.8) is 0 Å². The van der Waals surface area contributed by atoms with Crippen LogP contribution >= 0.6 is 0 Å². The first-order valence-corrected chi connectivity index (χ1v) is 6.77. The zero-order valence-electron chi connectivity index (χ0n) is 11.5. The van der Waals surface area contributed by atoms with Gasteiger partial charge in [-0.2, -0.15) is 0 Å². The molecule has 1 heterocycles. The molecule has 1 atom stereocenters. The summed E-state index contributed by atoms with van der Waals surface area (Å²) in [6.07, 6.45) is 2.28. The van der Waals surface area contributed by atoms with E-state index in [1.54, 1.807) is 0 Å². The van der Waals surface area contributed by atoms with Gasteiger partial charge in [0.2, 0.25) is 5.91 Å². The first-order chi connectivity index (χ1) is 8.00. The lowest BCUT2D eigenvalue weighted by Gasteiger charge is -2.28. The number of nitrogens with one attached hydrogen (secondary N) is 1. The van der Waals surface area contributed by atoms with Crippen LogP contribution in [0.1, 0.15) is 33.6 Å². The van der Waals surface area contributed by atoms with Gasteiger partial charge in [-0.1, -0.05) is 20.8 Å². The van der Waals surface area contributed by atoms with Gasteiger partial charge in [0.1, 0.15) is 0 Å². The fourth-order valence-corrected chi connectivity index (χ4v) is 2.51. The summed E-state index contributed by atoms with van der Waals surface area (Å²) in [6, 6.07) is 0. The highest BCUT2D eigenvalue weighted by atomic mass is 16.2. The molecular weight excluding hydrogens is 214 g/mol. The van der Waals surface area contributed by atoms with Crippen molar-refractivity contribution in [2.24, 2.45) is 5.92 Å². The molecule has 2 fully saturated rings. The van der Waals surface area contributed by atoms with Gasteiger partial charge < -0.3 is 9.80 Å². The number of carbonyl (C=O) groups excluding carboxylic acids is 1. The molecule has 1 amide bonds. The van der Waals surface area contributed by atoms with Crippen LogP contribution in [0.25, 0.3) is 0 Å². The minimum Gasteiger partial charge on any atom is -0.324 e. The molecule has 98 valence electrons. The third-order valence-corrected chi connectivity index (χ3v) is 4.07. The second kappa shape index (κ2) is 4.58. The maximum absolute atomic E-state index is 12.4. The normalized spacial score (nSPS) is 26.6. The molecule has 17 heavy (non-hydrogen) atoms. The van der Waals surface area contributed by atoms with E-state index in [0.717, 1.165) is 32.5 Å². The maximum Gasteiger partial charge on any atom is 0.244 e. The Morgan fingerprint density at radius 3 is 2.65 bits per heavy atom. The molecule has 0 aromatic heterocycles. The predicted octanol–water partition coefficient (Wildman–Crippen LogP) is 0.885. The summed E-state index contributed by atoms with van der Waals surface area (Å²) >= 11 is 0. The van der Waals surface area contributed by atoms with Gasteiger partial charge in [-0.3, -0.25) is 10.1 Å². The predicted molar refractivity (Wildman–Crippen MR) is 68.6 cm³/mol. The second-order valence-electron chi connectivity index (χ2n) is 5.81. The van der Waals surface area contributed by atoms with E-state index >= 15 is 0 Å². The van der Waals surface area contributed by atoms with E-state index in [1.807, 2.05) is 0 Å². The summed E-state index contributed by atoms with van der Waals surface area (Å²) < 4.78 is 0. The molecule has 1 N–H and O–H groups in total. The molecule has 2 aliphatic rings. The first kappa shape index (κ1) is 12.8. The van der Waals surface area contributed by atoms with Crippen molar-refractivity contribution in [1.29, 1.82) is 0 Å². The second-order valence-corrected chi connectivity index (χ2v) is 5.81. The van der Waals surface area contributed by atoms with Crippen LogP contribution in [-0.4, -0.2) is 54.1 Å². The Hall–Kier alpha value is -0.610. The Morgan fingerprint density at radius 1 is 1.53 bits per heavy atom. The van der Waals surface area contributed by atoms with E-state index in [4.69, 9.17) is 0 Å². The van der Waals surface area contributed by atoms with Crippen LogP contribution in [0.4, 0.5) is 0 Å². The Kier molecular flexibility index (Phi) is 3.46. The van der Waals surface area contributed by atoms with Gasteiger partial charge in [0.25, 0.3) is 0 Å². The van der Waals surface area contributed by atoms with Crippen molar-refractivity contribution in [3.05, 3.63) is 0 Å². The summed E-state index contributed by atoms with van der Waals surface area (Å²) in [5, 5.41) is 3.54. The molecule has 4 heteroatoms. The maximum atomic E-state index is 12.4.